The summed E-state index contributed by atoms with van der Waals surface area (Å²) >= 11 is 0. The first-order valence-electron chi connectivity index (χ1n) is 14.3. The largest absolute Gasteiger partial charge is 0.496 e. The quantitative estimate of drug-likeness (QED) is 0.383. The van der Waals surface area contributed by atoms with Gasteiger partial charge in [-0.2, -0.15) is 0 Å². The van der Waals surface area contributed by atoms with E-state index in [1.165, 1.54) is 0 Å². The van der Waals surface area contributed by atoms with Crippen molar-refractivity contribution in [3.8, 4) is 17.2 Å². The number of rotatable bonds is 3. The lowest BCUT2D eigenvalue weighted by molar-refractivity contribution is -0.134. The highest BCUT2D eigenvalue weighted by Gasteiger charge is 2.34. The molecule has 4 heterocycles. The molecule has 1 fully saturated rings. The van der Waals surface area contributed by atoms with Crippen LogP contribution < -0.4 is 24.8 Å². The van der Waals surface area contributed by atoms with Crippen LogP contribution in [0.1, 0.15) is 27.9 Å². The molecule has 7 rings (SSSR count). The van der Waals surface area contributed by atoms with E-state index in [0.29, 0.717) is 35.8 Å². The third kappa shape index (κ3) is 6.13. The molecule has 3 aliphatic heterocycles. The van der Waals surface area contributed by atoms with Crippen LogP contribution in [0.15, 0.2) is 72.9 Å². The highest BCUT2D eigenvalue weighted by atomic mass is 16.5. The van der Waals surface area contributed by atoms with Gasteiger partial charge in [0.25, 0.3) is 11.8 Å². The molecule has 3 aromatic carbocycles. The second-order valence-corrected chi connectivity index (χ2v) is 10.9. The minimum atomic E-state index is -0.484. The van der Waals surface area contributed by atoms with Gasteiger partial charge in [0.05, 0.1) is 13.2 Å². The Morgan fingerprint density at radius 1 is 1.07 bits per heavy atom. The molecule has 2 atom stereocenters. The number of hydrogen-bond acceptors (Lipinski definition) is 6. The third-order valence-electron chi connectivity index (χ3n) is 8.04. The van der Waals surface area contributed by atoms with E-state index in [9.17, 15) is 14.4 Å². The molecule has 0 spiro atoms. The zero-order valence-electron chi connectivity index (χ0n) is 24.2. The van der Waals surface area contributed by atoms with E-state index in [1.807, 2.05) is 60.2 Å². The number of nitrogens with one attached hydrogen (secondary N) is 2. The lowest BCUT2D eigenvalue weighted by Gasteiger charge is -2.39. The summed E-state index contributed by atoms with van der Waals surface area (Å²) in [5, 5.41) is 7.03. The number of ether oxygens (including phenoxy) is 3. The topological polar surface area (TPSA) is 111 Å². The van der Waals surface area contributed by atoms with Gasteiger partial charge in [0.2, 0.25) is 5.91 Å². The van der Waals surface area contributed by atoms with Crippen molar-refractivity contribution in [1.82, 2.24) is 20.1 Å². The number of benzene rings is 3. The lowest BCUT2D eigenvalue weighted by atomic mass is 10.0. The van der Waals surface area contributed by atoms with E-state index in [2.05, 4.69) is 10.6 Å². The summed E-state index contributed by atoms with van der Waals surface area (Å²) < 4.78 is 19.7. The summed E-state index contributed by atoms with van der Waals surface area (Å²) in [4.78, 5) is 41.3. The van der Waals surface area contributed by atoms with Crippen LogP contribution in [0, 0.1) is 6.92 Å². The van der Waals surface area contributed by atoms with Gasteiger partial charge in [-0.25, -0.2) is 0 Å². The summed E-state index contributed by atoms with van der Waals surface area (Å²) in [6.07, 6.45) is 2.05. The van der Waals surface area contributed by atoms with Gasteiger partial charge < -0.3 is 34.3 Å². The van der Waals surface area contributed by atoms with Gasteiger partial charge in [-0.05, 0) is 54.3 Å². The van der Waals surface area contributed by atoms with Crippen LogP contribution in [0.3, 0.4) is 0 Å². The van der Waals surface area contributed by atoms with Gasteiger partial charge >= 0.3 is 0 Å². The molecular formula is C33H34N4O6. The smallest absolute Gasteiger partial charge is 0.258 e. The number of methoxy groups -OCH3 is 1. The fraction of sp³-hybridized carbons (Fsp3) is 0.303. The molecule has 0 saturated carbocycles. The number of para-hydroxylation sites is 1. The number of aromatic nitrogens is 1. The molecule has 10 nitrogen and oxygen atoms in total. The van der Waals surface area contributed by atoms with Crippen molar-refractivity contribution in [2.75, 3.05) is 26.8 Å². The van der Waals surface area contributed by atoms with Gasteiger partial charge in [-0.1, -0.05) is 24.3 Å². The van der Waals surface area contributed by atoms with Gasteiger partial charge in [0.15, 0.2) is 6.61 Å². The number of fused-ring (bicyclic) bond motifs is 8. The number of amides is 3. The number of carbonyl (C=O) groups excluding carboxylic acids is 3. The first-order valence-corrected chi connectivity index (χ1v) is 14.3. The Morgan fingerprint density at radius 3 is 2.79 bits per heavy atom. The summed E-state index contributed by atoms with van der Waals surface area (Å²) in [5.41, 5.74) is 2.97. The third-order valence-corrected chi connectivity index (χ3v) is 8.04. The predicted octanol–water partition coefficient (Wildman–Crippen LogP) is 3.45. The molecular weight excluding hydrogens is 548 g/mol. The maximum absolute atomic E-state index is 13.5. The van der Waals surface area contributed by atoms with E-state index < -0.39 is 12.1 Å². The van der Waals surface area contributed by atoms with E-state index in [1.54, 1.807) is 36.3 Å². The van der Waals surface area contributed by atoms with Crippen molar-refractivity contribution in [2.24, 2.45) is 0 Å². The number of nitrogens with zero attached hydrogens (tertiary/aromatic N) is 2. The zero-order chi connectivity index (χ0) is 29.9. The fourth-order valence-corrected chi connectivity index (χ4v) is 5.62. The molecule has 2 N–H and O–H groups in total. The van der Waals surface area contributed by atoms with Crippen molar-refractivity contribution in [3.63, 3.8) is 0 Å². The number of carbonyl (C=O) groups is 3. The van der Waals surface area contributed by atoms with E-state index in [0.717, 1.165) is 22.0 Å². The fourth-order valence-electron chi connectivity index (χ4n) is 5.62. The molecule has 0 aliphatic carbocycles. The second-order valence-electron chi connectivity index (χ2n) is 10.9. The predicted molar refractivity (Wildman–Crippen MR) is 160 cm³/mol. The van der Waals surface area contributed by atoms with Crippen LogP contribution in [0.4, 0.5) is 0 Å². The second kappa shape index (κ2) is 12.1. The van der Waals surface area contributed by atoms with E-state index >= 15 is 0 Å². The summed E-state index contributed by atoms with van der Waals surface area (Å²) in [6, 6.07) is 20.0. The highest BCUT2D eigenvalue weighted by Crippen LogP contribution is 2.28. The molecule has 222 valence electrons. The van der Waals surface area contributed by atoms with Gasteiger partial charge in [0.1, 0.15) is 29.9 Å². The molecule has 10 heteroatoms. The average Bonchev–Trinajstić information content (AvgIpc) is 3.42. The Balaban J connectivity index is 1.28. The lowest BCUT2D eigenvalue weighted by Crippen LogP contribution is -2.58. The normalized spacial score (nSPS) is 19.0. The summed E-state index contributed by atoms with van der Waals surface area (Å²) in [7, 11) is 1.56. The molecule has 4 bridgehead atoms. The SMILES string of the molecule is COc1cc2ccc1CNC(=O)COc1cc(ccc1C)C(=O)N[C@H]1CN(C(=O)Cn3ccc4ccccc43)CC[C@H]1O2. The first kappa shape index (κ1) is 28.1. The monoisotopic (exact) mass is 582 g/mol. The van der Waals surface area contributed by atoms with Gasteiger partial charge in [-0.15, -0.1) is 0 Å². The molecule has 4 aromatic rings. The van der Waals surface area contributed by atoms with Crippen LogP contribution >= 0.6 is 0 Å². The Labute approximate surface area is 249 Å². The zero-order valence-corrected chi connectivity index (χ0v) is 24.2. The molecule has 43 heavy (non-hydrogen) atoms. The van der Waals surface area contributed by atoms with Crippen molar-refractivity contribution < 1.29 is 28.6 Å². The Morgan fingerprint density at radius 2 is 1.93 bits per heavy atom. The van der Waals surface area contributed by atoms with Crippen molar-refractivity contribution >= 4 is 28.6 Å². The average molecular weight is 583 g/mol. The summed E-state index contributed by atoms with van der Waals surface area (Å²) in [6.45, 7) is 2.88. The molecule has 3 amide bonds. The first-order chi connectivity index (χ1) is 20.9. The van der Waals surface area contributed by atoms with Crippen molar-refractivity contribution in [2.45, 2.75) is 38.6 Å². The molecule has 1 aromatic heterocycles. The highest BCUT2D eigenvalue weighted by molar-refractivity contribution is 5.95. The maximum atomic E-state index is 13.5. The molecule has 3 aliphatic rings. The number of piperidine rings is 1. The van der Waals surface area contributed by atoms with Gasteiger partial charge in [-0.3, -0.25) is 14.4 Å². The van der Waals surface area contributed by atoms with Gasteiger partial charge in [0, 0.05) is 55.0 Å². The van der Waals surface area contributed by atoms with Crippen molar-refractivity contribution in [1.29, 1.82) is 0 Å². The summed E-state index contributed by atoms with van der Waals surface area (Å²) in [5.74, 6) is 0.922. The van der Waals surface area contributed by atoms with E-state index in [-0.39, 0.29) is 44.0 Å². The van der Waals surface area contributed by atoms with Crippen LogP contribution in [0.25, 0.3) is 10.9 Å². The van der Waals surface area contributed by atoms with Crippen LogP contribution in [-0.2, 0) is 22.7 Å². The Bertz CT molecular complexity index is 1680. The van der Waals surface area contributed by atoms with Crippen LogP contribution in [-0.4, -0.2) is 66.1 Å². The van der Waals surface area contributed by atoms with Crippen LogP contribution in [0.5, 0.6) is 17.2 Å². The standard InChI is InChI=1S/C33H34N4O6/c1-21-7-8-23-15-29(21)42-20-31(38)34-17-24-9-10-25(16-30(24)41-2)43-28-12-14-37(18-26(28)35-33(23)40)32(39)19-36-13-11-22-5-3-4-6-27(22)36/h3-11,13,15-16,26,28H,12,14,17-20H2,1-2H3,(H,34,38)(H,35,40)/t26-,28+/m0/s1. The number of hydrogen-bond donors (Lipinski definition) is 2. The number of aryl methyl sites for hydroxylation is 1. The van der Waals surface area contributed by atoms with Crippen molar-refractivity contribution in [3.05, 3.63) is 89.6 Å². The minimum absolute atomic E-state index is 0.0355. The molecule has 1 saturated heterocycles. The van der Waals surface area contributed by atoms with Crippen LogP contribution in [0.2, 0.25) is 0 Å². The number of likely N-dealkylation sites (tertiary alicyclic amines) is 1. The molecule has 0 radical (unpaired) electrons. The molecule has 0 unspecified atom stereocenters. The maximum Gasteiger partial charge on any atom is 0.258 e. The minimum Gasteiger partial charge on any atom is -0.496 e. The Hall–Kier alpha value is -4.99. The Kier molecular flexibility index (Phi) is 7.91. The van der Waals surface area contributed by atoms with E-state index in [4.69, 9.17) is 14.2 Å².